The molecule has 0 spiro atoms. The van der Waals surface area contributed by atoms with Crippen LogP contribution in [0.25, 0.3) is 0 Å². The summed E-state index contributed by atoms with van der Waals surface area (Å²) in [5.74, 6) is 0.877. The molecule has 0 unspecified atom stereocenters. The summed E-state index contributed by atoms with van der Waals surface area (Å²) in [5.41, 5.74) is 8.02. The highest BCUT2D eigenvalue weighted by Crippen LogP contribution is 2.12. The number of nitrogens with zero attached hydrogens (tertiary/aromatic N) is 2. The summed E-state index contributed by atoms with van der Waals surface area (Å²) in [7, 11) is 0. The number of anilines is 1. The second kappa shape index (κ2) is 8.24. The lowest BCUT2D eigenvalue weighted by Gasteiger charge is -2.07. The highest BCUT2D eigenvalue weighted by molar-refractivity contribution is 6.30. The van der Waals surface area contributed by atoms with E-state index in [9.17, 15) is 0 Å². The highest BCUT2D eigenvalue weighted by atomic mass is 35.5. The summed E-state index contributed by atoms with van der Waals surface area (Å²) in [5, 5.41) is 3.64. The zero-order chi connectivity index (χ0) is 15.8. The Morgan fingerprint density at radius 3 is 2.95 bits per heavy atom. The van der Waals surface area contributed by atoms with Crippen molar-refractivity contribution in [1.82, 2.24) is 4.98 Å². The van der Waals surface area contributed by atoms with E-state index in [4.69, 9.17) is 22.1 Å². The zero-order valence-electron chi connectivity index (χ0n) is 12.4. The Morgan fingerprint density at radius 2 is 2.23 bits per heavy atom. The molecule has 3 N–H and O–H groups in total. The van der Waals surface area contributed by atoms with E-state index < -0.39 is 0 Å². The fourth-order valence-electron chi connectivity index (χ4n) is 1.82. The number of benzene rings is 1. The molecule has 0 radical (unpaired) electrons. The number of hydrogen-bond acceptors (Lipinski definition) is 3. The summed E-state index contributed by atoms with van der Waals surface area (Å²) in [6, 6.07) is 11.5. The van der Waals surface area contributed by atoms with Gasteiger partial charge in [0.05, 0.1) is 11.6 Å². The molecule has 0 aliphatic rings. The lowest BCUT2D eigenvalue weighted by Crippen LogP contribution is -2.23. The molecule has 0 fully saturated rings. The van der Waals surface area contributed by atoms with Crippen LogP contribution in [-0.2, 0) is 6.42 Å². The lowest BCUT2D eigenvalue weighted by molar-refractivity contribution is 0.316. The molecule has 6 heteroatoms. The maximum Gasteiger partial charge on any atom is 0.213 e. The van der Waals surface area contributed by atoms with Gasteiger partial charge < -0.3 is 15.8 Å². The van der Waals surface area contributed by atoms with E-state index >= 15 is 0 Å². The Balaban J connectivity index is 1.78. The van der Waals surface area contributed by atoms with Gasteiger partial charge >= 0.3 is 0 Å². The second-order valence-electron chi connectivity index (χ2n) is 4.61. The average Bonchev–Trinajstić information content (AvgIpc) is 2.53. The Kier molecular flexibility index (Phi) is 6.03. The molecule has 116 valence electrons. The highest BCUT2D eigenvalue weighted by Gasteiger charge is 1.98. The summed E-state index contributed by atoms with van der Waals surface area (Å²) in [6.45, 7) is 2.95. The molecule has 0 amide bonds. The van der Waals surface area contributed by atoms with Crippen LogP contribution in [0.3, 0.4) is 0 Å². The van der Waals surface area contributed by atoms with E-state index in [-0.39, 0.29) is 0 Å². The number of aryl methyl sites for hydroxylation is 1. The van der Waals surface area contributed by atoms with Crippen LogP contribution in [0.1, 0.15) is 12.5 Å². The minimum atomic E-state index is 0.362. The van der Waals surface area contributed by atoms with Crippen molar-refractivity contribution in [3.8, 4) is 5.88 Å². The van der Waals surface area contributed by atoms with E-state index in [0.717, 1.165) is 12.1 Å². The number of pyridine rings is 1. The molecule has 1 aromatic carbocycles. The molecular formula is C16H19ClN4O. The maximum absolute atomic E-state index is 5.85. The molecular weight excluding hydrogens is 300 g/mol. The van der Waals surface area contributed by atoms with Gasteiger partial charge in [-0.3, -0.25) is 0 Å². The van der Waals surface area contributed by atoms with E-state index in [1.54, 1.807) is 12.1 Å². The Labute approximate surface area is 135 Å². The van der Waals surface area contributed by atoms with Gasteiger partial charge in [0.25, 0.3) is 0 Å². The molecule has 0 saturated heterocycles. The molecule has 5 nitrogen and oxygen atoms in total. The van der Waals surface area contributed by atoms with E-state index in [0.29, 0.717) is 30.0 Å². The van der Waals surface area contributed by atoms with Gasteiger partial charge in [0.1, 0.15) is 6.61 Å². The third-order valence-electron chi connectivity index (χ3n) is 2.93. The van der Waals surface area contributed by atoms with Crippen molar-refractivity contribution in [2.24, 2.45) is 10.7 Å². The number of hydrogen-bond donors (Lipinski definition) is 2. The molecule has 1 heterocycles. The molecule has 2 rings (SSSR count). The fraction of sp³-hybridized carbons (Fsp3) is 0.250. The van der Waals surface area contributed by atoms with Crippen LogP contribution >= 0.6 is 11.6 Å². The normalized spacial score (nSPS) is 11.3. The van der Waals surface area contributed by atoms with Crippen LogP contribution in [0, 0.1) is 0 Å². The van der Waals surface area contributed by atoms with Crippen LogP contribution in [0.15, 0.2) is 47.6 Å². The first kappa shape index (κ1) is 16.1. The van der Waals surface area contributed by atoms with Gasteiger partial charge in [-0.15, -0.1) is 0 Å². The van der Waals surface area contributed by atoms with Crippen molar-refractivity contribution in [3.05, 3.63) is 53.2 Å². The predicted molar refractivity (Wildman–Crippen MR) is 90.7 cm³/mol. The van der Waals surface area contributed by atoms with Crippen molar-refractivity contribution in [2.45, 2.75) is 13.3 Å². The van der Waals surface area contributed by atoms with Crippen molar-refractivity contribution in [3.63, 3.8) is 0 Å². The minimum Gasteiger partial charge on any atom is -0.476 e. The smallest absolute Gasteiger partial charge is 0.213 e. The van der Waals surface area contributed by atoms with Crippen LogP contribution in [0.4, 0.5) is 5.69 Å². The van der Waals surface area contributed by atoms with Crippen molar-refractivity contribution in [1.29, 1.82) is 0 Å². The number of ether oxygens (including phenoxy) is 1. The number of guanidine groups is 1. The quantitative estimate of drug-likeness (QED) is 0.487. The summed E-state index contributed by atoms with van der Waals surface area (Å²) < 4.78 is 5.44. The van der Waals surface area contributed by atoms with E-state index in [2.05, 4.69) is 34.3 Å². The largest absolute Gasteiger partial charge is 0.476 e. The summed E-state index contributed by atoms with van der Waals surface area (Å²) >= 11 is 5.75. The van der Waals surface area contributed by atoms with Gasteiger partial charge in [-0.25, -0.2) is 9.98 Å². The molecule has 22 heavy (non-hydrogen) atoms. The average molecular weight is 319 g/mol. The first-order valence-electron chi connectivity index (χ1n) is 7.07. The van der Waals surface area contributed by atoms with Crippen molar-refractivity contribution < 1.29 is 4.74 Å². The molecule has 1 aromatic heterocycles. The van der Waals surface area contributed by atoms with Crippen molar-refractivity contribution >= 4 is 23.2 Å². The third kappa shape index (κ3) is 5.26. The lowest BCUT2D eigenvalue weighted by atomic mass is 10.1. The monoisotopic (exact) mass is 318 g/mol. The number of halogens is 1. The zero-order valence-corrected chi connectivity index (χ0v) is 13.2. The topological polar surface area (TPSA) is 72.5 Å². The Morgan fingerprint density at radius 1 is 1.36 bits per heavy atom. The number of nitrogens with two attached hydrogens (primary N) is 1. The number of nitrogens with one attached hydrogen (secondary N) is 1. The van der Waals surface area contributed by atoms with Gasteiger partial charge in [0.2, 0.25) is 5.88 Å². The van der Waals surface area contributed by atoms with Gasteiger partial charge in [0.15, 0.2) is 5.96 Å². The SMILES string of the molecule is CCc1cccc(NC(N)=NCCOc2ccc(Cl)cn2)c1. The number of aliphatic imine (C=N–C) groups is 1. The van der Waals surface area contributed by atoms with Crippen LogP contribution in [-0.4, -0.2) is 24.1 Å². The first-order valence-corrected chi connectivity index (χ1v) is 7.45. The van der Waals surface area contributed by atoms with Gasteiger partial charge in [-0.1, -0.05) is 30.7 Å². The second-order valence-corrected chi connectivity index (χ2v) is 5.05. The van der Waals surface area contributed by atoms with Crippen LogP contribution < -0.4 is 15.8 Å². The van der Waals surface area contributed by atoms with Crippen LogP contribution in [0.2, 0.25) is 5.02 Å². The number of aromatic nitrogens is 1. The summed E-state index contributed by atoms with van der Waals surface area (Å²) in [6.07, 6.45) is 2.52. The molecule has 0 aliphatic heterocycles. The molecule has 0 bridgehead atoms. The molecule has 0 atom stereocenters. The Hall–Kier alpha value is -2.27. The van der Waals surface area contributed by atoms with Gasteiger partial charge in [0, 0.05) is 18.0 Å². The standard InChI is InChI=1S/C16H19ClN4O/c1-2-12-4-3-5-14(10-12)21-16(18)19-8-9-22-15-7-6-13(17)11-20-15/h3-7,10-11H,2,8-9H2,1H3,(H3,18,19,21). The summed E-state index contributed by atoms with van der Waals surface area (Å²) in [4.78, 5) is 8.24. The van der Waals surface area contributed by atoms with E-state index in [1.165, 1.54) is 11.8 Å². The molecule has 0 saturated carbocycles. The van der Waals surface area contributed by atoms with E-state index in [1.807, 2.05) is 12.1 Å². The maximum atomic E-state index is 5.85. The molecule has 2 aromatic rings. The van der Waals surface area contributed by atoms with Crippen molar-refractivity contribution in [2.75, 3.05) is 18.5 Å². The first-order chi connectivity index (χ1) is 10.7. The van der Waals surface area contributed by atoms with Crippen LogP contribution in [0.5, 0.6) is 5.88 Å². The van der Waals surface area contributed by atoms with Gasteiger partial charge in [-0.05, 0) is 30.2 Å². The number of rotatable bonds is 6. The van der Waals surface area contributed by atoms with Gasteiger partial charge in [-0.2, -0.15) is 0 Å². The molecule has 0 aliphatic carbocycles. The fourth-order valence-corrected chi connectivity index (χ4v) is 1.93. The third-order valence-corrected chi connectivity index (χ3v) is 3.15. The minimum absolute atomic E-state index is 0.362. The predicted octanol–water partition coefficient (Wildman–Crippen LogP) is 3.10. The Bertz CT molecular complexity index is 628.